The molecule has 128 valence electrons. The number of amides is 1. The molecule has 0 atom stereocenters. The lowest BCUT2D eigenvalue weighted by Crippen LogP contribution is -2.31. The molecule has 2 rings (SSSR count). The lowest BCUT2D eigenvalue weighted by Gasteiger charge is -2.17. The molecule has 1 N–H and O–H groups in total. The molecule has 1 heterocycles. The predicted octanol–water partition coefficient (Wildman–Crippen LogP) is 2.21. The van der Waals surface area contributed by atoms with Crippen LogP contribution in [0.15, 0.2) is 42.7 Å². The van der Waals surface area contributed by atoms with Crippen LogP contribution in [0.4, 0.5) is 5.69 Å². The molecule has 2 aromatic rings. The second-order valence-corrected chi connectivity index (χ2v) is 5.46. The molecule has 0 aliphatic carbocycles. The van der Waals surface area contributed by atoms with Crippen molar-refractivity contribution in [3.05, 3.63) is 48.3 Å². The van der Waals surface area contributed by atoms with E-state index >= 15 is 0 Å². The van der Waals surface area contributed by atoms with Crippen molar-refractivity contribution in [3.63, 3.8) is 0 Å². The van der Waals surface area contributed by atoms with Gasteiger partial charge >= 0.3 is 0 Å². The summed E-state index contributed by atoms with van der Waals surface area (Å²) < 4.78 is 10.4. The Morgan fingerprint density at radius 1 is 1.17 bits per heavy atom. The van der Waals surface area contributed by atoms with Crippen LogP contribution in [-0.2, 0) is 11.2 Å². The molecule has 1 aromatic heterocycles. The van der Waals surface area contributed by atoms with Crippen LogP contribution >= 0.6 is 0 Å². The topological polar surface area (TPSA) is 63.7 Å². The quantitative estimate of drug-likeness (QED) is 0.804. The van der Waals surface area contributed by atoms with E-state index in [0.29, 0.717) is 23.7 Å². The largest absolute Gasteiger partial charge is 0.497 e. The van der Waals surface area contributed by atoms with E-state index in [1.807, 2.05) is 24.1 Å². The molecule has 0 unspecified atom stereocenters. The van der Waals surface area contributed by atoms with Crippen molar-refractivity contribution >= 4 is 11.6 Å². The molecule has 0 radical (unpaired) electrons. The summed E-state index contributed by atoms with van der Waals surface area (Å²) in [6.07, 6.45) is 4.42. The summed E-state index contributed by atoms with van der Waals surface area (Å²) in [5.41, 5.74) is 1.83. The third-order valence-electron chi connectivity index (χ3n) is 3.63. The molecular weight excluding hydrogens is 306 g/mol. The summed E-state index contributed by atoms with van der Waals surface area (Å²) in [7, 11) is 5.07. The SMILES string of the molecule is COc1ccc(NC(=O)CN(C)CCc2ccncc2)c(OC)c1. The van der Waals surface area contributed by atoms with Crippen LogP contribution in [0.3, 0.4) is 0 Å². The van der Waals surface area contributed by atoms with Gasteiger partial charge in [-0.05, 0) is 43.3 Å². The summed E-state index contributed by atoms with van der Waals surface area (Å²) in [4.78, 5) is 18.2. The third kappa shape index (κ3) is 5.24. The monoisotopic (exact) mass is 329 g/mol. The Balaban J connectivity index is 1.86. The van der Waals surface area contributed by atoms with Crippen molar-refractivity contribution in [2.24, 2.45) is 0 Å². The first-order valence-corrected chi connectivity index (χ1v) is 7.71. The molecule has 0 saturated heterocycles. The van der Waals surface area contributed by atoms with Crippen LogP contribution in [0.25, 0.3) is 0 Å². The maximum absolute atomic E-state index is 12.2. The number of ether oxygens (including phenoxy) is 2. The fraction of sp³-hybridized carbons (Fsp3) is 0.333. The standard InChI is InChI=1S/C18H23N3O3/c1-21(11-8-14-6-9-19-10-7-14)13-18(22)20-16-5-4-15(23-2)12-17(16)24-3/h4-7,9-10,12H,8,11,13H2,1-3H3,(H,20,22). The normalized spacial score (nSPS) is 10.5. The second-order valence-electron chi connectivity index (χ2n) is 5.46. The van der Waals surface area contributed by atoms with E-state index in [-0.39, 0.29) is 5.91 Å². The maximum Gasteiger partial charge on any atom is 0.238 e. The first kappa shape index (κ1) is 17.7. The molecule has 0 saturated carbocycles. The molecule has 6 nitrogen and oxygen atoms in total. The summed E-state index contributed by atoms with van der Waals surface area (Å²) in [6.45, 7) is 1.09. The van der Waals surface area contributed by atoms with Crippen molar-refractivity contribution in [1.82, 2.24) is 9.88 Å². The van der Waals surface area contributed by atoms with Crippen LogP contribution in [-0.4, -0.2) is 50.1 Å². The molecular formula is C18H23N3O3. The molecule has 6 heteroatoms. The number of carbonyl (C=O) groups is 1. The van der Waals surface area contributed by atoms with Gasteiger partial charge in [0.05, 0.1) is 26.5 Å². The number of methoxy groups -OCH3 is 2. The van der Waals surface area contributed by atoms with Gasteiger partial charge in [-0.2, -0.15) is 0 Å². The molecule has 1 aromatic carbocycles. The van der Waals surface area contributed by atoms with Crippen LogP contribution in [0, 0.1) is 0 Å². The van der Waals surface area contributed by atoms with Crippen molar-refractivity contribution in [1.29, 1.82) is 0 Å². The lowest BCUT2D eigenvalue weighted by molar-refractivity contribution is -0.117. The number of rotatable bonds is 8. The number of pyridine rings is 1. The van der Waals surface area contributed by atoms with Gasteiger partial charge in [0.1, 0.15) is 11.5 Å². The molecule has 1 amide bonds. The van der Waals surface area contributed by atoms with E-state index in [0.717, 1.165) is 13.0 Å². The zero-order chi connectivity index (χ0) is 17.4. The molecule has 0 spiro atoms. The van der Waals surface area contributed by atoms with Crippen molar-refractivity contribution in [2.45, 2.75) is 6.42 Å². The van der Waals surface area contributed by atoms with Crippen LogP contribution in [0.2, 0.25) is 0 Å². The highest BCUT2D eigenvalue weighted by Crippen LogP contribution is 2.28. The first-order chi connectivity index (χ1) is 11.6. The number of likely N-dealkylation sites (N-methyl/N-ethyl adjacent to an activating group) is 1. The Kier molecular flexibility index (Phi) is 6.57. The number of hydrogen-bond acceptors (Lipinski definition) is 5. The van der Waals surface area contributed by atoms with Gasteiger partial charge in [-0.3, -0.25) is 14.7 Å². The number of hydrogen-bond donors (Lipinski definition) is 1. The average Bonchev–Trinajstić information content (AvgIpc) is 2.61. The van der Waals surface area contributed by atoms with Crippen molar-refractivity contribution < 1.29 is 14.3 Å². The van der Waals surface area contributed by atoms with E-state index < -0.39 is 0 Å². The smallest absolute Gasteiger partial charge is 0.238 e. The average molecular weight is 329 g/mol. The van der Waals surface area contributed by atoms with Gasteiger partial charge in [-0.25, -0.2) is 0 Å². The number of nitrogens with zero attached hydrogens (tertiary/aromatic N) is 2. The molecule has 24 heavy (non-hydrogen) atoms. The second kappa shape index (κ2) is 8.88. The van der Waals surface area contributed by atoms with Crippen LogP contribution in [0.1, 0.15) is 5.56 Å². The van der Waals surface area contributed by atoms with Gasteiger partial charge in [-0.1, -0.05) is 0 Å². The maximum atomic E-state index is 12.2. The van der Waals surface area contributed by atoms with Gasteiger partial charge in [0.15, 0.2) is 0 Å². The van der Waals surface area contributed by atoms with Crippen LogP contribution < -0.4 is 14.8 Å². The molecule has 0 fully saturated rings. The van der Waals surface area contributed by atoms with Gasteiger partial charge in [-0.15, -0.1) is 0 Å². The Labute approximate surface area is 142 Å². The number of nitrogens with one attached hydrogen (secondary N) is 1. The number of anilines is 1. The van der Waals surface area contributed by atoms with E-state index in [9.17, 15) is 4.79 Å². The Morgan fingerprint density at radius 2 is 1.92 bits per heavy atom. The minimum absolute atomic E-state index is 0.0873. The van der Waals surface area contributed by atoms with Crippen molar-refractivity contribution in [2.75, 3.05) is 39.7 Å². The van der Waals surface area contributed by atoms with E-state index in [1.165, 1.54) is 5.56 Å². The highest BCUT2D eigenvalue weighted by Gasteiger charge is 2.11. The van der Waals surface area contributed by atoms with E-state index in [1.54, 1.807) is 44.8 Å². The third-order valence-corrected chi connectivity index (χ3v) is 3.63. The van der Waals surface area contributed by atoms with E-state index in [2.05, 4.69) is 10.3 Å². The zero-order valence-corrected chi connectivity index (χ0v) is 14.3. The molecule has 0 aliphatic rings. The first-order valence-electron chi connectivity index (χ1n) is 7.71. The Hall–Kier alpha value is -2.60. The summed E-state index contributed by atoms with van der Waals surface area (Å²) >= 11 is 0. The van der Waals surface area contributed by atoms with Gasteiger partial charge in [0, 0.05) is 25.0 Å². The predicted molar refractivity (Wildman–Crippen MR) is 93.6 cm³/mol. The van der Waals surface area contributed by atoms with E-state index in [4.69, 9.17) is 9.47 Å². The number of aromatic nitrogens is 1. The number of benzene rings is 1. The number of carbonyl (C=O) groups excluding carboxylic acids is 1. The molecule has 0 aliphatic heterocycles. The Morgan fingerprint density at radius 3 is 2.58 bits per heavy atom. The van der Waals surface area contributed by atoms with Gasteiger partial charge in [0.25, 0.3) is 0 Å². The Bertz CT molecular complexity index is 662. The minimum atomic E-state index is -0.0873. The van der Waals surface area contributed by atoms with Crippen LogP contribution in [0.5, 0.6) is 11.5 Å². The molecule has 0 bridgehead atoms. The fourth-order valence-electron chi connectivity index (χ4n) is 2.29. The van der Waals surface area contributed by atoms with Gasteiger partial charge < -0.3 is 14.8 Å². The summed E-state index contributed by atoms with van der Waals surface area (Å²) in [5, 5.41) is 2.87. The highest BCUT2D eigenvalue weighted by molar-refractivity contribution is 5.93. The lowest BCUT2D eigenvalue weighted by atomic mass is 10.2. The summed E-state index contributed by atoms with van der Waals surface area (Å²) in [6, 6.07) is 9.26. The highest BCUT2D eigenvalue weighted by atomic mass is 16.5. The van der Waals surface area contributed by atoms with Crippen molar-refractivity contribution in [3.8, 4) is 11.5 Å². The minimum Gasteiger partial charge on any atom is -0.497 e. The summed E-state index contributed by atoms with van der Waals surface area (Å²) in [5.74, 6) is 1.16. The van der Waals surface area contributed by atoms with Gasteiger partial charge in [0.2, 0.25) is 5.91 Å². The zero-order valence-electron chi connectivity index (χ0n) is 14.3. The fourth-order valence-corrected chi connectivity index (χ4v) is 2.29.